The van der Waals surface area contributed by atoms with Crippen LogP contribution in [0.25, 0.3) is 16.2 Å². The van der Waals surface area contributed by atoms with Crippen molar-refractivity contribution in [1.82, 2.24) is 13.7 Å². The number of benzene rings is 2. The number of hydrogen-bond donors (Lipinski definition) is 1. The number of carbonyl (C=O) groups excluding carboxylic acids is 1. The van der Waals surface area contributed by atoms with Crippen LogP contribution in [0.4, 0.5) is 5.69 Å². The molecule has 0 aliphatic carbocycles. The molecule has 176 valence electrons. The van der Waals surface area contributed by atoms with Crippen LogP contribution in [0.1, 0.15) is 25.5 Å². The van der Waals surface area contributed by atoms with Crippen molar-refractivity contribution >= 4 is 37.9 Å². The normalized spacial score (nSPS) is 17.1. The molecule has 0 saturated carbocycles. The van der Waals surface area contributed by atoms with Crippen molar-refractivity contribution in [3.8, 4) is 11.3 Å². The molecule has 3 heterocycles. The van der Waals surface area contributed by atoms with Gasteiger partial charge in [-0.05, 0) is 43.0 Å². The lowest BCUT2D eigenvalue weighted by molar-refractivity contribution is -0.115. The van der Waals surface area contributed by atoms with E-state index in [1.54, 1.807) is 28.6 Å². The first-order chi connectivity index (χ1) is 16.4. The van der Waals surface area contributed by atoms with Gasteiger partial charge in [0, 0.05) is 41.6 Å². The zero-order valence-corrected chi connectivity index (χ0v) is 20.5. The molecule has 1 aliphatic heterocycles. The van der Waals surface area contributed by atoms with Gasteiger partial charge in [0.1, 0.15) is 0 Å². The number of nitrogens with zero attached hydrogens (tertiary/aromatic N) is 3. The molecule has 34 heavy (non-hydrogen) atoms. The molecule has 7 nitrogen and oxygen atoms in total. The van der Waals surface area contributed by atoms with Gasteiger partial charge in [0.2, 0.25) is 15.9 Å². The van der Waals surface area contributed by atoms with Gasteiger partial charge in [-0.1, -0.05) is 37.3 Å². The van der Waals surface area contributed by atoms with E-state index in [1.165, 1.54) is 11.3 Å². The van der Waals surface area contributed by atoms with Crippen LogP contribution in [0.2, 0.25) is 0 Å². The summed E-state index contributed by atoms with van der Waals surface area (Å²) in [7, 11) is -3.51. The first kappa shape index (κ1) is 22.8. The Kier molecular flexibility index (Phi) is 6.24. The molecular weight excluding hydrogens is 468 g/mol. The summed E-state index contributed by atoms with van der Waals surface area (Å²) in [5.74, 6) is 0.194. The number of nitrogens with one attached hydrogen (secondary N) is 1. The smallest absolute Gasteiger partial charge is 0.243 e. The third-order valence-electron chi connectivity index (χ3n) is 6.09. The summed E-state index contributed by atoms with van der Waals surface area (Å²) < 4.78 is 29.4. The lowest BCUT2D eigenvalue weighted by Crippen LogP contribution is -2.39. The average Bonchev–Trinajstić information content (AvgIpc) is 3.42. The Labute approximate surface area is 203 Å². The van der Waals surface area contributed by atoms with Crippen molar-refractivity contribution in [2.75, 3.05) is 18.4 Å². The maximum Gasteiger partial charge on any atom is 0.243 e. The van der Waals surface area contributed by atoms with Crippen molar-refractivity contribution in [3.63, 3.8) is 0 Å². The fourth-order valence-electron chi connectivity index (χ4n) is 4.30. The summed E-state index contributed by atoms with van der Waals surface area (Å²) in [6.45, 7) is 3.19. The van der Waals surface area contributed by atoms with Gasteiger partial charge in [-0.15, -0.1) is 11.3 Å². The minimum atomic E-state index is -3.51. The van der Waals surface area contributed by atoms with E-state index in [-0.39, 0.29) is 17.2 Å². The Balaban J connectivity index is 1.26. The number of fused-ring (bicyclic) bond motifs is 1. The molecular formula is C25H26N4O3S2. The maximum atomic E-state index is 12.9. The zero-order valence-electron chi connectivity index (χ0n) is 18.8. The summed E-state index contributed by atoms with van der Waals surface area (Å²) in [5.41, 5.74) is 3.32. The number of carbonyl (C=O) groups is 1. The van der Waals surface area contributed by atoms with Crippen LogP contribution in [0.15, 0.2) is 71.1 Å². The van der Waals surface area contributed by atoms with Gasteiger partial charge >= 0.3 is 0 Å². The van der Waals surface area contributed by atoms with Gasteiger partial charge in [-0.25, -0.2) is 13.4 Å². The molecule has 1 N–H and O–H groups in total. The van der Waals surface area contributed by atoms with Gasteiger partial charge in [0.15, 0.2) is 4.96 Å². The summed E-state index contributed by atoms with van der Waals surface area (Å²) in [5, 5.41) is 4.81. The standard InChI is InChI=1S/C25H26N4O3S2/c1-18-6-5-13-28(15-18)34(31,32)22-11-9-20(10-12-22)26-24(30)14-21-17-33-25-27-23(16-29(21)25)19-7-3-2-4-8-19/h2-4,7-12,16-18H,5-6,13-15H2,1H3,(H,26,30). The minimum absolute atomic E-state index is 0.171. The fraction of sp³-hybridized carbons (Fsp3) is 0.280. The van der Waals surface area contributed by atoms with Crippen molar-refractivity contribution in [1.29, 1.82) is 0 Å². The SMILES string of the molecule is CC1CCCN(S(=O)(=O)c2ccc(NC(=O)Cc3csc4nc(-c5ccccc5)cn34)cc2)C1. The summed E-state index contributed by atoms with van der Waals surface area (Å²) in [4.78, 5) is 18.5. The average molecular weight is 495 g/mol. The van der Waals surface area contributed by atoms with Crippen LogP contribution in [0.3, 0.4) is 0 Å². The summed E-state index contributed by atoms with van der Waals surface area (Å²) in [6, 6.07) is 16.3. The second kappa shape index (κ2) is 9.32. The van der Waals surface area contributed by atoms with Crippen LogP contribution in [-0.4, -0.2) is 41.1 Å². The predicted molar refractivity (Wildman–Crippen MR) is 134 cm³/mol. The number of amides is 1. The largest absolute Gasteiger partial charge is 0.326 e. The molecule has 1 amide bonds. The number of aromatic nitrogens is 2. The molecule has 1 fully saturated rings. The Morgan fingerprint density at radius 3 is 2.65 bits per heavy atom. The number of hydrogen-bond acceptors (Lipinski definition) is 5. The Morgan fingerprint density at radius 2 is 1.91 bits per heavy atom. The van der Waals surface area contributed by atoms with Crippen molar-refractivity contribution in [2.24, 2.45) is 5.92 Å². The van der Waals surface area contributed by atoms with E-state index < -0.39 is 10.0 Å². The molecule has 0 bridgehead atoms. The highest BCUT2D eigenvalue weighted by atomic mass is 32.2. The summed E-state index contributed by atoms with van der Waals surface area (Å²) in [6.07, 6.45) is 4.08. The molecule has 9 heteroatoms. The van der Waals surface area contributed by atoms with Gasteiger partial charge in [0.05, 0.1) is 17.0 Å². The van der Waals surface area contributed by atoms with E-state index in [1.807, 2.05) is 46.3 Å². The number of piperidine rings is 1. The van der Waals surface area contributed by atoms with Crippen LogP contribution in [0.5, 0.6) is 0 Å². The lowest BCUT2D eigenvalue weighted by atomic mass is 10.0. The third kappa shape index (κ3) is 4.64. The Morgan fingerprint density at radius 1 is 1.15 bits per heavy atom. The lowest BCUT2D eigenvalue weighted by Gasteiger charge is -2.30. The first-order valence-electron chi connectivity index (χ1n) is 11.3. The topological polar surface area (TPSA) is 83.8 Å². The third-order valence-corrected chi connectivity index (χ3v) is 8.86. The summed E-state index contributed by atoms with van der Waals surface area (Å²) >= 11 is 1.50. The second-order valence-corrected chi connectivity index (χ2v) is 11.5. The van der Waals surface area contributed by atoms with Crippen molar-refractivity contribution in [3.05, 3.63) is 71.9 Å². The number of sulfonamides is 1. The number of imidazole rings is 1. The predicted octanol–water partition coefficient (Wildman–Crippen LogP) is 4.66. The molecule has 0 spiro atoms. The molecule has 0 radical (unpaired) electrons. The first-order valence-corrected chi connectivity index (χ1v) is 13.6. The van der Waals surface area contributed by atoms with Crippen LogP contribution < -0.4 is 5.32 Å². The van der Waals surface area contributed by atoms with Crippen LogP contribution in [0, 0.1) is 5.92 Å². The molecule has 4 aromatic rings. The van der Waals surface area contributed by atoms with Crippen LogP contribution >= 0.6 is 11.3 Å². The van der Waals surface area contributed by atoms with Gasteiger partial charge < -0.3 is 5.32 Å². The number of thiazole rings is 1. The van der Waals surface area contributed by atoms with Crippen molar-refractivity contribution in [2.45, 2.75) is 31.1 Å². The highest BCUT2D eigenvalue weighted by Crippen LogP contribution is 2.26. The Bertz CT molecular complexity index is 1410. The molecule has 5 rings (SSSR count). The monoisotopic (exact) mass is 494 g/mol. The fourth-order valence-corrected chi connectivity index (χ4v) is 6.77. The number of rotatable bonds is 6. The van der Waals surface area contributed by atoms with Gasteiger partial charge in [0.25, 0.3) is 0 Å². The molecule has 1 aliphatic rings. The van der Waals surface area contributed by atoms with E-state index >= 15 is 0 Å². The second-order valence-electron chi connectivity index (χ2n) is 8.73. The molecule has 1 atom stereocenters. The molecule has 2 aromatic heterocycles. The van der Waals surface area contributed by atoms with E-state index in [0.29, 0.717) is 24.7 Å². The molecule has 1 unspecified atom stereocenters. The highest BCUT2D eigenvalue weighted by Gasteiger charge is 2.28. The van der Waals surface area contributed by atoms with E-state index in [2.05, 4.69) is 17.2 Å². The highest BCUT2D eigenvalue weighted by molar-refractivity contribution is 7.89. The number of anilines is 1. The van der Waals surface area contributed by atoms with E-state index in [0.717, 1.165) is 34.8 Å². The maximum absolute atomic E-state index is 12.9. The molecule has 2 aromatic carbocycles. The Hall–Kier alpha value is -3.01. The van der Waals surface area contributed by atoms with Crippen molar-refractivity contribution < 1.29 is 13.2 Å². The zero-order chi connectivity index (χ0) is 23.7. The van der Waals surface area contributed by atoms with Gasteiger partial charge in [-0.2, -0.15) is 4.31 Å². The van der Waals surface area contributed by atoms with E-state index in [9.17, 15) is 13.2 Å². The quantitative estimate of drug-likeness (QED) is 0.422. The van der Waals surface area contributed by atoms with Crippen LogP contribution in [-0.2, 0) is 21.2 Å². The van der Waals surface area contributed by atoms with E-state index in [4.69, 9.17) is 0 Å². The minimum Gasteiger partial charge on any atom is -0.326 e. The van der Waals surface area contributed by atoms with Gasteiger partial charge in [-0.3, -0.25) is 9.20 Å². The molecule has 1 saturated heterocycles.